The zero-order valence-electron chi connectivity index (χ0n) is 26.3. The third kappa shape index (κ3) is 6.43. The summed E-state index contributed by atoms with van der Waals surface area (Å²) in [7, 11) is -2.03. The molecule has 8 aromatic carbocycles. The second kappa shape index (κ2) is 15.1. The average molecular weight is 798 g/mol. The van der Waals surface area contributed by atoms with Crippen LogP contribution in [-0.4, -0.2) is 0 Å². The Morgan fingerprint density at radius 2 is 0.714 bits per heavy atom. The summed E-state index contributed by atoms with van der Waals surface area (Å²) in [4.78, 5) is 0. The van der Waals surface area contributed by atoms with Crippen molar-refractivity contribution in [3.05, 3.63) is 192 Å². The van der Waals surface area contributed by atoms with E-state index in [1.54, 1.807) is 0 Å². The fourth-order valence-electron chi connectivity index (χ4n) is 6.65. The second-order valence-electron chi connectivity index (χ2n) is 11.6. The smallest absolute Gasteiger partial charge is 0.0684 e. The van der Waals surface area contributed by atoms with E-state index >= 15 is 0 Å². The van der Waals surface area contributed by atoms with Crippen LogP contribution in [0.4, 0.5) is 0 Å². The number of hydrogen-bond donors (Lipinski definition) is 0. The van der Waals surface area contributed by atoms with Crippen LogP contribution in [0, 0.1) is 0 Å². The number of fused-ring (bicyclic) bond motifs is 2. The van der Waals surface area contributed by atoms with Crippen molar-refractivity contribution in [2.24, 2.45) is 0 Å². The molecule has 0 unspecified atom stereocenters. The Morgan fingerprint density at radius 1 is 0.327 bits per heavy atom. The Balaban J connectivity index is 0.00000378. The molecular weight excluding hydrogens is 768 g/mol. The minimum atomic E-state index is -1.04. The van der Waals surface area contributed by atoms with Gasteiger partial charge in [-0.25, -0.2) is 0 Å². The maximum absolute atomic E-state index is 7.64. The van der Waals surface area contributed by atoms with E-state index in [9.17, 15) is 0 Å². The number of hydrogen-bond acceptors (Lipinski definition) is 0. The van der Waals surface area contributed by atoms with Gasteiger partial charge in [0, 0.05) is 42.0 Å². The van der Waals surface area contributed by atoms with E-state index < -0.39 is 15.8 Å². The van der Waals surface area contributed by atoms with Gasteiger partial charge in [0.15, 0.2) is 0 Å². The van der Waals surface area contributed by atoms with Crippen LogP contribution in [0.3, 0.4) is 0 Å². The first-order chi connectivity index (χ1) is 23.7. The van der Waals surface area contributed by atoms with Gasteiger partial charge >= 0.3 is 0 Å². The van der Waals surface area contributed by atoms with Crippen LogP contribution in [0.2, 0.25) is 10.0 Å². The van der Waals surface area contributed by atoms with Crippen LogP contribution >= 0.6 is 39.0 Å². The molecule has 0 radical (unpaired) electrons. The van der Waals surface area contributed by atoms with Gasteiger partial charge in [-0.1, -0.05) is 205 Å². The molecule has 0 amide bonds. The quantitative estimate of drug-likeness (QED) is 0.111. The minimum absolute atomic E-state index is 0. The summed E-state index contributed by atoms with van der Waals surface area (Å²) in [6.07, 6.45) is 0. The molecule has 0 aromatic heterocycles. The van der Waals surface area contributed by atoms with Gasteiger partial charge in [-0.2, -0.15) is 0 Å². The topological polar surface area (TPSA) is 0 Å². The van der Waals surface area contributed by atoms with Gasteiger partial charge in [-0.05, 0) is 58.8 Å². The second-order valence-corrected chi connectivity index (χ2v) is 16.7. The predicted octanol–water partition coefficient (Wildman–Crippen LogP) is 10.5. The standard InChI is InChI=1S/C44H30Cl2P2.Pd/c45-41-37-27-15-16-28-38(37)44(48(34-22-9-3-10-23-34)35-24-11-4-12-25-35)40(42(41)46)39-30-29-31-17-13-14-26-36(31)43(39)47(32-18-5-1-6-19-32)33-20-7-2-8-21-33;/h1-30H;. The van der Waals surface area contributed by atoms with Crippen LogP contribution in [0.1, 0.15) is 0 Å². The number of halogens is 2. The molecule has 0 atom stereocenters. The SMILES string of the molecule is Clc1c(-c2ccc3ccccc3c2P(c2ccccc2)c2ccccc2)c(P(c2ccccc2)c2ccccc2)c2ccccc2c1Cl.[Pd]. The molecule has 0 bridgehead atoms. The maximum atomic E-state index is 7.64. The van der Waals surface area contributed by atoms with Crippen LogP contribution in [0.15, 0.2) is 182 Å². The van der Waals surface area contributed by atoms with E-state index in [0.29, 0.717) is 10.0 Å². The van der Waals surface area contributed by atoms with E-state index in [2.05, 4.69) is 176 Å². The fraction of sp³-hybridized carbons (Fsp3) is 0. The van der Waals surface area contributed by atoms with Gasteiger partial charge in [0.1, 0.15) is 0 Å². The number of benzene rings is 8. The fourth-order valence-corrected chi connectivity index (χ4v) is 12.5. The molecule has 8 aromatic rings. The molecule has 0 saturated carbocycles. The first kappa shape index (κ1) is 33.9. The summed E-state index contributed by atoms with van der Waals surface area (Å²) in [6.45, 7) is 0. The monoisotopic (exact) mass is 796 g/mol. The molecule has 0 nitrogen and oxygen atoms in total. The van der Waals surface area contributed by atoms with E-state index in [1.807, 2.05) is 6.07 Å². The average Bonchev–Trinajstić information content (AvgIpc) is 3.16. The van der Waals surface area contributed by atoms with Gasteiger partial charge < -0.3 is 0 Å². The van der Waals surface area contributed by atoms with Crippen molar-refractivity contribution in [1.29, 1.82) is 0 Å². The third-order valence-corrected chi connectivity index (χ3v) is 14.7. The molecule has 0 N–H and O–H groups in total. The van der Waals surface area contributed by atoms with Crippen LogP contribution < -0.4 is 31.8 Å². The van der Waals surface area contributed by atoms with Gasteiger partial charge in [-0.3, -0.25) is 0 Å². The first-order valence-corrected chi connectivity index (χ1v) is 19.4. The van der Waals surface area contributed by atoms with E-state index in [-0.39, 0.29) is 20.4 Å². The maximum Gasteiger partial charge on any atom is 0.0684 e. The Hall–Kier alpha value is -3.62. The van der Waals surface area contributed by atoms with Crippen molar-refractivity contribution in [2.75, 3.05) is 0 Å². The molecule has 0 aliphatic carbocycles. The molecule has 0 saturated heterocycles. The first-order valence-electron chi connectivity index (χ1n) is 15.9. The molecular formula is C44H30Cl2P2Pd. The van der Waals surface area contributed by atoms with Crippen LogP contribution in [0.5, 0.6) is 0 Å². The summed E-state index contributed by atoms with van der Waals surface area (Å²) >= 11 is 15.0. The van der Waals surface area contributed by atoms with E-state index in [1.165, 1.54) is 42.6 Å². The summed E-state index contributed by atoms with van der Waals surface area (Å²) < 4.78 is 0. The molecule has 0 spiro atoms. The summed E-state index contributed by atoms with van der Waals surface area (Å²) in [5, 5.41) is 13.3. The van der Waals surface area contributed by atoms with E-state index in [4.69, 9.17) is 23.2 Å². The van der Waals surface area contributed by atoms with Gasteiger partial charge in [0.05, 0.1) is 10.0 Å². The van der Waals surface area contributed by atoms with Crippen molar-refractivity contribution in [1.82, 2.24) is 0 Å². The normalized spacial score (nSPS) is 11.3. The minimum Gasteiger partial charge on any atom is -0.0820 e. The molecule has 49 heavy (non-hydrogen) atoms. The Kier molecular flexibility index (Phi) is 10.4. The summed E-state index contributed by atoms with van der Waals surface area (Å²) in [5.41, 5.74) is 2.14. The van der Waals surface area contributed by atoms with Crippen molar-refractivity contribution in [3.8, 4) is 11.1 Å². The zero-order valence-corrected chi connectivity index (χ0v) is 31.1. The van der Waals surface area contributed by atoms with E-state index in [0.717, 1.165) is 21.9 Å². The molecule has 0 heterocycles. The van der Waals surface area contributed by atoms with Crippen LogP contribution in [-0.2, 0) is 20.4 Å². The van der Waals surface area contributed by atoms with Gasteiger partial charge in [0.25, 0.3) is 0 Å². The van der Waals surface area contributed by atoms with Crippen molar-refractivity contribution in [3.63, 3.8) is 0 Å². The molecule has 0 aliphatic rings. The Labute approximate surface area is 313 Å². The predicted molar refractivity (Wildman–Crippen MR) is 214 cm³/mol. The molecule has 240 valence electrons. The Morgan fingerprint density at radius 3 is 1.20 bits per heavy atom. The van der Waals surface area contributed by atoms with Crippen molar-refractivity contribution in [2.45, 2.75) is 0 Å². The van der Waals surface area contributed by atoms with Crippen molar-refractivity contribution < 1.29 is 20.4 Å². The third-order valence-electron chi connectivity index (χ3n) is 8.74. The Bertz CT molecular complexity index is 2290. The zero-order chi connectivity index (χ0) is 32.5. The van der Waals surface area contributed by atoms with Gasteiger partial charge in [-0.15, -0.1) is 0 Å². The van der Waals surface area contributed by atoms with Crippen LogP contribution in [0.25, 0.3) is 32.7 Å². The van der Waals surface area contributed by atoms with Gasteiger partial charge in [0.2, 0.25) is 0 Å². The molecule has 0 aliphatic heterocycles. The number of rotatable bonds is 7. The summed E-state index contributed by atoms with van der Waals surface area (Å²) in [6, 6.07) is 65.3. The molecule has 8 rings (SSSR count). The van der Waals surface area contributed by atoms with Crippen molar-refractivity contribution >= 4 is 92.4 Å². The molecule has 0 fully saturated rings. The largest absolute Gasteiger partial charge is 0.0820 e. The molecule has 5 heteroatoms. The summed E-state index contributed by atoms with van der Waals surface area (Å²) in [5.74, 6) is 0.